The highest BCUT2D eigenvalue weighted by Gasteiger charge is 2.22. The summed E-state index contributed by atoms with van der Waals surface area (Å²) in [5.41, 5.74) is 0.210. The molecule has 0 radical (unpaired) electrons. The molecule has 0 bridgehead atoms. The molecule has 4 nitrogen and oxygen atoms in total. The van der Waals surface area contributed by atoms with Crippen LogP contribution in [0.5, 0.6) is 0 Å². The Balaban J connectivity index is 1.99. The standard InChI is InChI=1S/C9H9ClN2O2/c10-8-5-11-7(4-12-8)9(13)14-6-2-1-3-6/h4-6H,1-3H2. The van der Waals surface area contributed by atoms with E-state index in [4.69, 9.17) is 16.3 Å². The lowest BCUT2D eigenvalue weighted by Crippen LogP contribution is -2.25. The number of rotatable bonds is 2. The zero-order valence-corrected chi connectivity index (χ0v) is 8.20. The van der Waals surface area contributed by atoms with Crippen LogP contribution in [0, 0.1) is 0 Å². The number of aromatic nitrogens is 2. The van der Waals surface area contributed by atoms with Crippen molar-refractivity contribution in [1.82, 2.24) is 9.97 Å². The molecule has 0 aliphatic heterocycles. The van der Waals surface area contributed by atoms with Crippen molar-refractivity contribution < 1.29 is 9.53 Å². The lowest BCUT2D eigenvalue weighted by atomic mass is 9.96. The van der Waals surface area contributed by atoms with Gasteiger partial charge >= 0.3 is 5.97 Å². The molecule has 0 atom stereocenters. The van der Waals surface area contributed by atoms with E-state index in [1.165, 1.54) is 12.4 Å². The Kier molecular flexibility index (Phi) is 2.63. The molecule has 1 heterocycles. The molecule has 2 rings (SSSR count). The van der Waals surface area contributed by atoms with Crippen LogP contribution in [0.15, 0.2) is 12.4 Å². The van der Waals surface area contributed by atoms with Gasteiger partial charge in [0, 0.05) is 0 Å². The van der Waals surface area contributed by atoms with Crippen molar-refractivity contribution in [3.8, 4) is 0 Å². The maximum Gasteiger partial charge on any atom is 0.358 e. The first kappa shape index (κ1) is 9.40. The van der Waals surface area contributed by atoms with Gasteiger partial charge in [-0.1, -0.05) is 11.6 Å². The van der Waals surface area contributed by atoms with Crippen molar-refractivity contribution in [3.63, 3.8) is 0 Å². The molecule has 1 aromatic rings. The van der Waals surface area contributed by atoms with Crippen LogP contribution in [0.1, 0.15) is 29.8 Å². The summed E-state index contributed by atoms with van der Waals surface area (Å²) in [7, 11) is 0. The molecule has 0 unspecified atom stereocenters. The van der Waals surface area contributed by atoms with Crippen molar-refractivity contribution in [2.75, 3.05) is 0 Å². The number of carbonyl (C=O) groups is 1. The Morgan fingerprint density at radius 3 is 2.71 bits per heavy atom. The summed E-state index contributed by atoms with van der Waals surface area (Å²) in [6.07, 6.45) is 5.76. The van der Waals surface area contributed by atoms with Crippen molar-refractivity contribution in [3.05, 3.63) is 23.2 Å². The Morgan fingerprint density at radius 2 is 2.21 bits per heavy atom. The highest BCUT2D eigenvalue weighted by atomic mass is 35.5. The molecule has 0 saturated heterocycles. The van der Waals surface area contributed by atoms with Gasteiger partial charge in [-0.3, -0.25) is 0 Å². The van der Waals surface area contributed by atoms with Crippen LogP contribution in [0.4, 0.5) is 0 Å². The smallest absolute Gasteiger partial charge is 0.358 e. The molecule has 0 amide bonds. The monoisotopic (exact) mass is 212 g/mol. The molecule has 1 saturated carbocycles. The fraction of sp³-hybridized carbons (Fsp3) is 0.444. The van der Waals surface area contributed by atoms with Gasteiger partial charge in [-0.05, 0) is 19.3 Å². The number of hydrogen-bond acceptors (Lipinski definition) is 4. The van der Waals surface area contributed by atoms with Gasteiger partial charge in [0.1, 0.15) is 11.3 Å². The molecule has 1 aromatic heterocycles. The molecule has 1 aliphatic rings. The summed E-state index contributed by atoms with van der Waals surface area (Å²) in [5, 5.41) is 0.269. The van der Waals surface area contributed by atoms with E-state index >= 15 is 0 Å². The van der Waals surface area contributed by atoms with E-state index in [9.17, 15) is 4.79 Å². The highest BCUT2D eigenvalue weighted by molar-refractivity contribution is 6.29. The first-order chi connectivity index (χ1) is 6.75. The van der Waals surface area contributed by atoms with Crippen molar-refractivity contribution >= 4 is 17.6 Å². The van der Waals surface area contributed by atoms with Gasteiger partial charge in [0.15, 0.2) is 5.69 Å². The quantitative estimate of drug-likeness (QED) is 0.702. The third kappa shape index (κ3) is 2.01. The Hall–Kier alpha value is -1.16. The molecule has 5 heteroatoms. The van der Waals surface area contributed by atoms with Crippen LogP contribution in [-0.4, -0.2) is 22.0 Å². The van der Waals surface area contributed by atoms with E-state index in [0.29, 0.717) is 0 Å². The molecule has 1 fully saturated rings. The van der Waals surface area contributed by atoms with Gasteiger partial charge in [0.2, 0.25) is 0 Å². The van der Waals surface area contributed by atoms with Crippen molar-refractivity contribution in [2.45, 2.75) is 25.4 Å². The van der Waals surface area contributed by atoms with Gasteiger partial charge < -0.3 is 4.74 Å². The normalized spacial score (nSPS) is 16.1. The maximum absolute atomic E-state index is 11.4. The van der Waals surface area contributed by atoms with Crippen LogP contribution < -0.4 is 0 Å². The van der Waals surface area contributed by atoms with Gasteiger partial charge in [0.25, 0.3) is 0 Å². The minimum atomic E-state index is -0.418. The number of ether oxygens (including phenoxy) is 1. The van der Waals surface area contributed by atoms with Gasteiger partial charge in [-0.15, -0.1) is 0 Å². The van der Waals surface area contributed by atoms with Gasteiger partial charge in [-0.25, -0.2) is 14.8 Å². The van der Waals surface area contributed by atoms with Crippen molar-refractivity contribution in [1.29, 1.82) is 0 Å². The van der Waals surface area contributed by atoms with E-state index < -0.39 is 5.97 Å². The summed E-state index contributed by atoms with van der Waals surface area (Å²) in [6.45, 7) is 0. The lowest BCUT2D eigenvalue weighted by molar-refractivity contribution is 0.00832. The molecule has 0 aromatic carbocycles. The predicted molar refractivity (Wildman–Crippen MR) is 50.1 cm³/mol. The predicted octanol–water partition coefficient (Wildman–Crippen LogP) is 1.84. The number of esters is 1. The second kappa shape index (κ2) is 3.92. The number of hydrogen-bond donors (Lipinski definition) is 0. The summed E-state index contributed by atoms with van der Waals surface area (Å²) in [4.78, 5) is 19.0. The summed E-state index contributed by atoms with van der Waals surface area (Å²) in [5.74, 6) is -0.418. The third-order valence-corrected chi connectivity index (χ3v) is 2.35. The van der Waals surface area contributed by atoms with Crippen molar-refractivity contribution in [2.24, 2.45) is 0 Å². The highest BCUT2D eigenvalue weighted by Crippen LogP contribution is 2.22. The Morgan fingerprint density at radius 1 is 1.43 bits per heavy atom. The summed E-state index contributed by atoms with van der Waals surface area (Å²) >= 11 is 5.53. The summed E-state index contributed by atoms with van der Waals surface area (Å²) < 4.78 is 5.13. The van der Waals surface area contributed by atoms with Crippen LogP contribution in [0.3, 0.4) is 0 Å². The molecule has 74 valence electrons. The largest absolute Gasteiger partial charge is 0.458 e. The maximum atomic E-state index is 11.4. The second-order valence-electron chi connectivity index (χ2n) is 3.18. The molecule has 14 heavy (non-hydrogen) atoms. The first-order valence-electron chi connectivity index (χ1n) is 4.44. The van der Waals surface area contributed by atoms with E-state index in [2.05, 4.69) is 9.97 Å². The van der Waals surface area contributed by atoms with Crippen LogP contribution in [0.2, 0.25) is 5.15 Å². The van der Waals surface area contributed by atoms with E-state index in [1.807, 2.05) is 0 Å². The average Bonchev–Trinajstić information content (AvgIpc) is 2.12. The van der Waals surface area contributed by atoms with E-state index in [0.717, 1.165) is 19.3 Å². The van der Waals surface area contributed by atoms with Crippen LogP contribution >= 0.6 is 11.6 Å². The Bertz CT molecular complexity index is 335. The summed E-state index contributed by atoms with van der Waals surface area (Å²) in [6, 6.07) is 0. The van der Waals surface area contributed by atoms with E-state index in [1.54, 1.807) is 0 Å². The van der Waals surface area contributed by atoms with Gasteiger partial charge in [0.05, 0.1) is 12.4 Å². The van der Waals surface area contributed by atoms with Crippen LogP contribution in [0.25, 0.3) is 0 Å². The number of carbonyl (C=O) groups excluding carboxylic acids is 1. The topological polar surface area (TPSA) is 52.1 Å². The minimum Gasteiger partial charge on any atom is -0.458 e. The zero-order valence-electron chi connectivity index (χ0n) is 7.44. The Labute approximate surface area is 86.3 Å². The lowest BCUT2D eigenvalue weighted by Gasteiger charge is -2.24. The van der Waals surface area contributed by atoms with Crippen LogP contribution in [-0.2, 0) is 4.74 Å². The zero-order chi connectivity index (χ0) is 9.97. The average molecular weight is 213 g/mol. The fourth-order valence-corrected chi connectivity index (χ4v) is 1.22. The molecular formula is C9H9ClN2O2. The number of halogens is 1. The number of nitrogens with zero attached hydrogens (tertiary/aromatic N) is 2. The molecule has 1 aliphatic carbocycles. The molecular weight excluding hydrogens is 204 g/mol. The molecule has 0 spiro atoms. The van der Waals surface area contributed by atoms with E-state index in [-0.39, 0.29) is 17.0 Å². The second-order valence-corrected chi connectivity index (χ2v) is 3.57. The first-order valence-corrected chi connectivity index (χ1v) is 4.82. The van der Waals surface area contributed by atoms with Gasteiger partial charge in [-0.2, -0.15) is 0 Å². The third-order valence-electron chi connectivity index (χ3n) is 2.16. The fourth-order valence-electron chi connectivity index (χ4n) is 1.12. The SMILES string of the molecule is O=C(OC1CCC1)c1cnc(Cl)cn1. The molecule has 0 N–H and O–H groups in total. The minimum absolute atomic E-state index is 0.0694.